The van der Waals surface area contributed by atoms with Crippen LogP contribution in [0, 0.1) is 5.92 Å². The van der Waals surface area contributed by atoms with Gasteiger partial charge in [0, 0.05) is 18.8 Å². The molecule has 1 aliphatic rings. The molecule has 1 fully saturated rings. The highest BCUT2D eigenvalue weighted by atomic mass is 15.0. The fraction of sp³-hybridized carbons (Fsp3) is 0.636. The molecule has 1 atom stereocenters. The fourth-order valence-electron chi connectivity index (χ4n) is 2.04. The molecule has 2 heterocycles. The highest BCUT2D eigenvalue weighted by Gasteiger charge is 2.14. The summed E-state index contributed by atoms with van der Waals surface area (Å²) in [6, 6.07) is 2.04. The molecule has 2 N–H and O–H groups in total. The van der Waals surface area contributed by atoms with Crippen LogP contribution in [0.15, 0.2) is 12.4 Å². The van der Waals surface area contributed by atoms with E-state index in [1.165, 1.54) is 19.4 Å². The van der Waals surface area contributed by atoms with E-state index in [1.54, 1.807) is 6.33 Å². The summed E-state index contributed by atoms with van der Waals surface area (Å²) in [6.45, 7) is 2.29. The SMILES string of the molecule is CNc1cc(C[C@H]2CCCNC2)ncn1. The van der Waals surface area contributed by atoms with Gasteiger partial charge in [-0.05, 0) is 38.3 Å². The standard InChI is InChI=1S/C11H18N4/c1-12-11-6-10(14-8-15-11)5-9-3-2-4-13-7-9/h6,8-9,13H,2-5,7H2,1H3,(H,12,14,15)/t9-/m1/s1. The highest BCUT2D eigenvalue weighted by Crippen LogP contribution is 2.15. The minimum absolute atomic E-state index is 0.735. The Bertz CT molecular complexity index is 307. The summed E-state index contributed by atoms with van der Waals surface area (Å²) in [5.74, 6) is 1.64. The molecule has 1 aliphatic heterocycles. The van der Waals surface area contributed by atoms with Gasteiger partial charge < -0.3 is 10.6 Å². The van der Waals surface area contributed by atoms with Crippen LogP contribution in [-0.2, 0) is 6.42 Å². The molecule has 15 heavy (non-hydrogen) atoms. The Morgan fingerprint density at radius 1 is 1.53 bits per heavy atom. The van der Waals surface area contributed by atoms with Crippen LogP contribution in [0.2, 0.25) is 0 Å². The van der Waals surface area contributed by atoms with Crippen LogP contribution in [0.5, 0.6) is 0 Å². The maximum Gasteiger partial charge on any atom is 0.129 e. The van der Waals surface area contributed by atoms with Gasteiger partial charge in [0.1, 0.15) is 12.1 Å². The first-order valence-corrected chi connectivity index (χ1v) is 5.58. The van der Waals surface area contributed by atoms with E-state index in [2.05, 4.69) is 20.6 Å². The van der Waals surface area contributed by atoms with Crippen LogP contribution in [0.1, 0.15) is 18.5 Å². The predicted octanol–water partition coefficient (Wildman–Crippen LogP) is 1.06. The molecule has 4 heteroatoms. The molecule has 2 rings (SSSR count). The van der Waals surface area contributed by atoms with E-state index in [0.29, 0.717) is 0 Å². The lowest BCUT2D eigenvalue weighted by Gasteiger charge is -2.22. The minimum Gasteiger partial charge on any atom is -0.373 e. The normalized spacial score (nSPS) is 21.3. The first kappa shape index (κ1) is 10.4. The number of nitrogens with one attached hydrogen (secondary N) is 2. The molecular formula is C11H18N4. The van der Waals surface area contributed by atoms with Crippen LogP contribution in [0.4, 0.5) is 5.82 Å². The Morgan fingerprint density at radius 2 is 2.47 bits per heavy atom. The van der Waals surface area contributed by atoms with E-state index in [9.17, 15) is 0 Å². The molecule has 0 radical (unpaired) electrons. The van der Waals surface area contributed by atoms with Gasteiger partial charge >= 0.3 is 0 Å². The van der Waals surface area contributed by atoms with Crippen molar-refractivity contribution in [3.8, 4) is 0 Å². The number of nitrogens with zero attached hydrogens (tertiary/aromatic N) is 2. The molecule has 0 bridgehead atoms. The number of hydrogen-bond acceptors (Lipinski definition) is 4. The van der Waals surface area contributed by atoms with Gasteiger partial charge in [-0.3, -0.25) is 0 Å². The minimum atomic E-state index is 0.735. The molecular weight excluding hydrogens is 188 g/mol. The zero-order valence-electron chi connectivity index (χ0n) is 9.16. The third kappa shape index (κ3) is 2.89. The van der Waals surface area contributed by atoms with Gasteiger partial charge in [0.15, 0.2) is 0 Å². The molecule has 0 spiro atoms. The van der Waals surface area contributed by atoms with Crippen molar-refractivity contribution in [3.63, 3.8) is 0 Å². The van der Waals surface area contributed by atoms with E-state index in [1.807, 2.05) is 13.1 Å². The number of anilines is 1. The highest BCUT2D eigenvalue weighted by molar-refractivity contribution is 5.33. The Morgan fingerprint density at radius 3 is 3.20 bits per heavy atom. The molecule has 1 aromatic heterocycles. The van der Waals surface area contributed by atoms with Crippen LogP contribution < -0.4 is 10.6 Å². The third-order valence-electron chi connectivity index (χ3n) is 2.88. The Labute approximate surface area is 90.5 Å². The van der Waals surface area contributed by atoms with Crippen LogP contribution >= 0.6 is 0 Å². The van der Waals surface area contributed by atoms with E-state index < -0.39 is 0 Å². The van der Waals surface area contributed by atoms with Crippen molar-refractivity contribution < 1.29 is 0 Å². The van der Waals surface area contributed by atoms with Crippen molar-refractivity contribution in [2.45, 2.75) is 19.3 Å². The van der Waals surface area contributed by atoms with Crippen LogP contribution in [0.25, 0.3) is 0 Å². The van der Waals surface area contributed by atoms with E-state index in [0.717, 1.165) is 30.4 Å². The summed E-state index contributed by atoms with van der Waals surface area (Å²) < 4.78 is 0. The first-order valence-electron chi connectivity index (χ1n) is 5.58. The summed E-state index contributed by atoms with van der Waals surface area (Å²) in [5, 5.41) is 6.46. The lowest BCUT2D eigenvalue weighted by Crippen LogP contribution is -2.31. The summed E-state index contributed by atoms with van der Waals surface area (Å²) in [5.41, 5.74) is 1.14. The van der Waals surface area contributed by atoms with Crippen LogP contribution in [0.3, 0.4) is 0 Å². The Balaban J connectivity index is 1.96. The zero-order valence-corrected chi connectivity index (χ0v) is 9.16. The largest absolute Gasteiger partial charge is 0.373 e. The predicted molar refractivity (Wildman–Crippen MR) is 60.9 cm³/mol. The van der Waals surface area contributed by atoms with E-state index in [-0.39, 0.29) is 0 Å². The second-order valence-electron chi connectivity index (χ2n) is 4.06. The summed E-state index contributed by atoms with van der Waals surface area (Å²) in [4.78, 5) is 8.42. The van der Waals surface area contributed by atoms with Gasteiger partial charge in [-0.15, -0.1) is 0 Å². The molecule has 0 unspecified atom stereocenters. The van der Waals surface area contributed by atoms with Gasteiger partial charge in [0.25, 0.3) is 0 Å². The van der Waals surface area contributed by atoms with Crippen molar-refractivity contribution in [1.29, 1.82) is 0 Å². The van der Waals surface area contributed by atoms with Crippen molar-refractivity contribution >= 4 is 5.82 Å². The summed E-state index contributed by atoms with van der Waals surface area (Å²) in [6.07, 6.45) is 5.29. The lowest BCUT2D eigenvalue weighted by molar-refractivity contribution is 0.373. The van der Waals surface area contributed by atoms with Crippen molar-refractivity contribution in [1.82, 2.24) is 15.3 Å². The molecule has 1 saturated heterocycles. The number of piperidine rings is 1. The first-order chi connectivity index (χ1) is 7.38. The van der Waals surface area contributed by atoms with Crippen molar-refractivity contribution in [2.24, 2.45) is 5.92 Å². The second-order valence-corrected chi connectivity index (χ2v) is 4.06. The molecule has 82 valence electrons. The lowest BCUT2D eigenvalue weighted by atomic mass is 9.94. The maximum atomic E-state index is 4.30. The molecule has 0 amide bonds. The molecule has 0 aromatic carbocycles. The molecule has 0 aliphatic carbocycles. The zero-order chi connectivity index (χ0) is 10.5. The quantitative estimate of drug-likeness (QED) is 0.776. The van der Waals surface area contributed by atoms with Gasteiger partial charge in [-0.1, -0.05) is 0 Å². The number of aromatic nitrogens is 2. The monoisotopic (exact) mass is 206 g/mol. The number of hydrogen-bond donors (Lipinski definition) is 2. The molecule has 1 aromatic rings. The fourth-order valence-corrected chi connectivity index (χ4v) is 2.04. The summed E-state index contributed by atoms with van der Waals surface area (Å²) in [7, 11) is 1.88. The Kier molecular flexibility index (Phi) is 3.50. The van der Waals surface area contributed by atoms with Crippen LogP contribution in [-0.4, -0.2) is 30.1 Å². The molecule has 4 nitrogen and oxygen atoms in total. The topological polar surface area (TPSA) is 49.8 Å². The van der Waals surface area contributed by atoms with Gasteiger partial charge in [-0.2, -0.15) is 0 Å². The average molecular weight is 206 g/mol. The van der Waals surface area contributed by atoms with Gasteiger partial charge in [-0.25, -0.2) is 9.97 Å². The average Bonchev–Trinajstić information content (AvgIpc) is 2.31. The maximum absolute atomic E-state index is 4.30. The third-order valence-corrected chi connectivity index (χ3v) is 2.88. The second kappa shape index (κ2) is 5.07. The van der Waals surface area contributed by atoms with Crippen molar-refractivity contribution in [3.05, 3.63) is 18.1 Å². The summed E-state index contributed by atoms with van der Waals surface area (Å²) >= 11 is 0. The molecule has 0 saturated carbocycles. The van der Waals surface area contributed by atoms with Gasteiger partial charge in [0.2, 0.25) is 0 Å². The number of rotatable bonds is 3. The van der Waals surface area contributed by atoms with Gasteiger partial charge in [0.05, 0.1) is 0 Å². The van der Waals surface area contributed by atoms with Crippen molar-refractivity contribution in [2.75, 3.05) is 25.5 Å². The smallest absolute Gasteiger partial charge is 0.129 e. The van der Waals surface area contributed by atoms with E-state index >= 15 is 0 Å². The Hall–Kier alpha value is -1.16. The van der Waals surface area contributed by atoms with E-state index in [4.69, 9.17) is 0 Å².